The molecule has 1 heterocycles. The van der Waals surface area contributed by atoms with Gasteiger partial charge in [0.1, 0.15) is 0 Å². The normalized spacial score (nSPS) is 13.4. The number of benzene rings is 2. The van der Waals surface area contributed by atoms with E-state index in [2.05, 4.69) is 121 Å². The van der Waals surface area contributed by atoms with Crippen LogP contribution in [0.2, 0.25) is 0 Å². The number of hydrogen-bond acceptors (Lipinski definition) is 2. The minimum Gasteiger partial charge on any atom is -0.479 e. The molecule has 0 radical (unpaired) electrons. The van der Waals surface area contributed by atoms with Crippen LogP contribution < -0.4 is 9.80 Å². The molecular weight excluding hydrogens is 565 g/mol. The van der Waals surface area contributed by atoms with E-state index in [0.29, 0.717) is 23.7 Å². The predicted octanol–water partition coefficient (Wildman–Crippen LogP) is 8.09. The third-order valence-electron chi connectivity index (χ3n) is 5.84. The molecule has 1 aliphatic heterocycles. The van der Waals surface area contributed by atoms with Gasteiger partial charge in [0.25, 0.3) is 0 Å². The monoisotopic (exact) mass is 601 g/mol. The summed E-state index contributed by atoms with van der Waals surface area (Å²) in [5.74, 6) is 1.92. The zero-order valence-corrected chi connectivity index (χ0v) is 23.1. The summed E-state index contributed by atoms with van der Waals surface area (Å²) in [5.41, 5.74) is 8.29. The molecule has 0 fully saturated rings. The summed E-state index contributed by atoms with van der Waals surface area (Å²) < 4.78 is 0. The first-order chi connectivity index (χ1) is 13.7. The van der Waals surface area contributed by atoms with Crippen molar-refractivity contribution in [2.75, 3.05) is 9.80 Å². The molecule has 0 amide bonds. The average molecular weight is 602 g/mol. The third kappa shape index (κ3) is 5.92. The van der Waals surface area contributed by atoms with Crippen molar-refractivity contribution in [3.05, 3.63) is 77.7 Å². The van der Waals surface area contributed by atoms with Crippen molar-refractivity contribution in [1.82, 2.24) is 0 Å². The Kier molecular flexibility index (Phi) is 10.7. The second-order valence-corrected chi connectivity index (χ2v) is 9.42. The molecule has 2 aromatic rings. The number of hydrogen-bond donors (Lipinski definition) is 0. The summed E-state index contributed by atoms with van der Waals surface area (Å²) in [6.45, 7) is 20.5. The summed E-state index contributed by atoms with van der Waals surface area (Å²) in [6, 6.07) is 13.5. The SMILES string of the molecule is CC(C)c1cccc(C(C)C)c1N1C=CN(c2c(C(C)C)cccc2C(C)C)[CH-]1.[Pd].[Pd]. The van der Waals surface area contributed by atoms with Crippen LogP contribution in [0.15, 0.2) is 48.8 Å². The van der Waals surface area contributed by atoms with Crippen molar-refractivity contribution in [2.24, 2.45) is 0 Å². The van der Waals surface area contributed by atoms with Gasteiger partial charge in [-0.05, 0) is 58.3 Å². The van der Waals surface area contributed by atoms with E-state index in [9.17, 15) is 0 Å². The van der Waals surface area contributed by atoms with Gasteiger partial charge in [0, 0.05) is 52.2 Å². The fourth-order valence-electron chi connectivity index (χ4n) is 4.24. The van der Waals surface area contributed by atoms with Crippen LogP contribution in [0.1, 0.15) is 101 Å². The molecule has 0 atom stereocenters. The Balaban J connectivity index is 0.00000240. The van der Waals surface area contributed by atoms with E-state index in [1.54, 1.807) is 0 Å². The van der Waals surface area contributed by atoms with E-state index in [1.165, 1.54) is 33.6 Å². The molecule has 1 aliphatic rings. The second-order valence-electron chi connectivity index (χ2n) is 9.42. The van der Waals surface area contributed by atoms with Gasteiger partial charge in [-0.2, -0.15) is 0 Å². The van der Waals surface area contributed by atoms with Gasteiger partial charge in [0.15, 0.2) is 0 Å². The Hall–Kier alpha value is -0.895. The molecule has 0 saturated carbocycles. The molecule has 31 heavy (non-hydrogen) atoms. The molecule has 0 aliphatic carbocycles. The van der Waals surface area contributed by atoms with E-state index < -0.39 is 0 Å². The van der Waals surface area contributed by atoms with Crippen molar-refractivity contribution in [1.29, 1.82) is 0 Å². The van der Waals surface area contributed by atoms with E-state index in [1.807, 2.05) is 0 Å². The number of anilines is 2. The molecule has 176 valence electrons. The van der Waals surface area contributed by atoms with Gasteiger partial charge in [0.05, 0.1) is 0 Å². The molecule has 4 heteroatoms. The molecule has 0 unspecified atom stereocenters. The van der Waals surface area contributed by atoms with Gasteiger partial charge in [-0.1, -0.05) is 91.8 Å². The van der Waals surface area contributed by atoms with Gasteiger partial charge in [0.2, 0.25) is 0 Å². The maximum Gasteiger partial charge on any atom is 0.0195 e. The Labute approximate surface area is 217 Å². The molecule has 0 aromatic heterocycles. The zero-order valence-electron chi connectivity index (χ0n) is 20.0. The van der Waals surface area contributed by atoms with Gasteiger partial charge in [-0.3, -0.25) is 0 Å². The van der Waals surface area contributed by atoms with Crippen LogP contribution in [0.5, 0.6) is 0 Å². The Morgan fingerprint density at radius 1 is 0.516 bits per heavy atom. The first-order valence-electron chi connectivity index (χ1n) is 11.1. The van der Waals surface area contributed by atoms with Crippen LogP contribution in [0.25, 0.3) is 0 Å². The molecular formula is C27H37N2Pd2-. The largest absolute Gasteiger partial charge is 0.479 e. The van der Waals surface area contributed by atoms with Crippen LogP contribution in [-0.4, -0.2) is 0 Å². The summed E-state index contributed by atoms with van der Waals surface area (Å²) in [6.07, 6.45) is 4.43. The topological polar surface area (TPSA) is 6.48 Å². The summed E-state index contributed by atoms with van der Waals surface area (Å²) >= 11 is 0. The smallest absolute Gasteiger partial charge is 0.0195 e. The van der Waals surface area contributed by atoms with Crippen molar-refractivity contribution < 1.29 is 40.8 Å². The van der Waals surface area contributed by atoms with Crippen LogP contribution in [0.3, 0.4) is 0 Å². The van der Waals surface area contributed by atoms with Gasteiger partial charge in [-0.25, -0.2) is 0 Å². The minimum absolute atomic E-state index is 0. The maximum absolute atomic E-state index is 2.33. The molecule has 2 nitrogen and oxygen atoms in total. The molecule has 0 saturated heterocycles. The maximum atomic E-state index is 2.33. The Morgan fingerprint density at radius 3 is 1.00 bits per heavy atom. The molecule has 0 N–H and O–H groups in total. The summed E-state index contributed by atoms with van der Waals surface area (Å²) in [5, 5.41) is 0. The first-order valence-corrected chi connectivity index (χ1v) is 11.1. The number of nitrogens with zero attached hydrogens (tertiary/aromatic N) is 2. The molecule has 3 rings (SSSR count). The predicted molar refractivity (Wildman–Crippen MR) is 128 cm³/mol. The van der Waals surface area contributed by atoms with Gasteiger partial charge < -0.3 is 9.80 Å². The van der Waals surface area contributed by atoms with E-state index in [0.717, 1.165) is 0 Å². The van der Waals surface area contributed by atoms with Crippen LogP contribution in [-0.2, 0) is 40.8 Å². The van der Waals surface area contributed by atoms with E-state index >= 15 is 0 Å². The molecule has 0 bridgehead atoms. The second kappa shape index (κ2) is 11.8. The standard InChI is InChI=1S/C27H37N2.2Pd/c1-18(2)22-11-9-12-23(19(3)4)26(22)28-15-16-29(17-28)27-24(20(5)6)13-10-14-25(27)21(7)8;;/h9-21H,1-8H3;;/q-1;;. The number of rotatable bonds is 6. The van der Waals surface area contributed by atoms with Crippen LogP contribution in [0, 0.1) is 6.67 Å². The fourth-order valence-corrected chi connectivity index (χ4v) is 4.24. The third-order valence-corrected chi connectivity index (χ3v) is 5.84. The van der Waals surface area contributed by atoms with Gasteiger partial charge in [-0.15, -0.1) is 6.67 Å². The van der Waals surface area contributed by atoms with Crippen LogP contribution >= 0.6 is 0 Å². The minimum atomic E-state index is 0. The molecule has 2 aromatic carbocycles. The quantitative estimate of drug-likeness (QED) is 0.244. The zero-order chi connectivity index (χ0) is 21.3. The Morgan fingerprint density at radius 2 is 0.774 bits per heavy atom. The summed E-state index contributed by atoms with van der Waals surface area (Å²) in [7, 11) is 0. The van der Waals surface area contributed by atoms with Crippen LogP contribution in [0.4, 0.5) is 11.4 Å². The summed E-state index contributed by atoms with van der Waals surface area (Å²) in [4.78, 5) is 4.65. The van der Waals surface area contributed by atoms with Crippen molar-refractivity contribution in [3.8, 4) is 0 Å². The Bertz CT molecular complexity index is 761. The average Bonchev–Trinajstić information content (AvgIpc) is 3.15. The van der Waals surface area contributed by atoms with Crippen molar-refractivity contribution in [3.63, 3.8) is 0 Å². The fraction of sp³-hybridized carbons (Fsp3) is 0.444. The van der Waals surface area contributed by atoms with Gasteiger partial charge >= 0.3 is 0 Å². The van der Waals surface area contributed by atoms with E-state index in [-0.39, 0.29) is 40.8 Å². The first kappa shape index (κ1) is 28.1. The van der Waals surface area contributed by atoms with Crippen molar-refractivity contribution >= 4 is 11.4 Å². The van der Waals surface area contributed by atoms with E-state index in [4.69, 9.17) is 0 Å². The number of para-hydroxylation sites is 2. The van der Waals surface area contributed by atoms with Crippen molar-refractivity contribution in [2.45, 2.75) is 79.1 Å². The molecule has 0 spiro atoms.